The topological polar surface area (TPSA) is 151 Å². The van der Waals surface area contributed by atoms with Gasteiger partial charge in [0.1, 0.15) is 24.8 Å². The number of benzene rings is 4. The molecule has 0 aliphatic heterocycles. The molecule has 51 heavy (non-hydrogen) atoms. The summed E-state index contributed by atoms with van der Waals surface area (Å²) in [4.78, 5) is 46.8. The number of rotatable bonds is 12. The van der Waals surface area contributed by atoms with Crippen molar-refractivity contribution in [2.45, 2.75) is 30.3 Å². The molecule has 0 saturated heterocycles. The van der Waals surface area contributed by atoms with Crippen molar-refractivity contribution in [3.63, 3.8) is 0 Å². The van der Waals surface area contributed by atoms with Gasteiger partial charge in [-0.3, -0.25) is 0 Å². The number of aliphatic carboxylic acids is 2. The minimum absolute atomic E-state index is 0.0398. The second-order valence-corrected chi connectivity index (χ2v) is 14.1. The highest BCUT2D eigenvalue weighted by molar-refractivity contribution is 7.98. The van der Waals surface area contributed by atoms with E-state index < -0.39 is 35.7 Å². The molecule has 0 saturated carbocycles. The van der Waals surface area contributed by atoms with Crippen LogP contribution in [0, 0.1) is 0 Å². The van der Waals surface area contributed by atoms with E-state index in [0.29, 0.717) is 5.75 Å². The molecular weight excluding hydrogens is 689 g/mol. The third-order valence-corrected chi connectivity index (χ3v) is 10.4. The highest BCUT2D eigenvalue weighted by Gasteiger charge is 2.36. The minimum Gasteiger partial charge on any atom is -0.480 e. The maximum atomic E-state index is 12.2. The minimum atomic E-state index is -1.36. The molecular formula is C39H40N2O8S2. The van der Waals surface area contributed by atoms with Crippen molar-refractivity contribution in [3.05, 3.63) is 119 Å². The Labute approximate surface area is 305 Å². The monoisotopic (exact) mass is 728 g/mol. The number of alkyl carbamates (subject to hydrolysis) is 2. The SMILES string of the molecule is CSC[C@H](NC(=O)OCC1c2ccccc2-c2ccccc21)C(=O)O.CSC[C@](C)(NC(=O)OCC1c2ccccc2-c2ccccc21)C(=O)O. The first-order valence-electron chi connectivity index (χ1n) is 16.3. The molecule has 0 bridgehead atoms. The zero-order valence-electron chi connectivity index (χ0n) is 28.5. The average molecular weight is 729 g/mol. The summed E-state index contributed by atoms with van der Waals surface area (Å²) in [6.07, 6.45) is 2.16. The molecule has 2 aliphatic rings. The van der Waals surface area contributed by atoms with Crippen molar-refractivity contribution in [1.82, 2.24) is 10.6 Å². The van der Waals surface area contributed by atoms with Crippen molar-refractivity contribution in [2.75, 3.05) is 37.2 Å². The summed E-state index contributed by atoms with van der Waals surface area (Å²) in [7, 11) is 0. The van der Waals surface area contributed by atoms with Crippen LogP contribution in [0.1, 0.15) is 41.0 Å². The molecule has 2 amide bonds. The van der Waals surface area contributed by atoms with Crippen LogP contribution in [0.2, 0.25) is 0 Å². The number of ether oxygens (including phenoxy) is 2. The number of fused-ring (bicyclic) bond motifs is 6. The predicted molar refractivity (Wildman–Crippen MR) is 201 cm³/mol. The molecule has 10 nitrogen and oxygen atoms in total. The Kier molecular flexibility index (Phi) is 12.3. The molecule has 0 unspecified atom stereocenters. The van der Waals surface area contributed by atoms with E-state index in [1.807, 2.05) is 72.8 Å². The molecule has 4 aromatic carbocycles. The molecule has 4 aromatic rings. The van der Waals surface area contributed by atoms with Crippen LogP contribution in [-0.2, 0) is 19.1 Å². The van der Waals surface area contributed by atoms with Crippen LogP contribution in [0.3, 0.4) is 0 Å². The van der Waals surface area contributed by atoms with Crippen LogP contribution in [0.4, 0.5) is 9.59 Å². The van der Waals surface area contributed by atoms with Gasteiger partial charge in [-0.05, 0) is 63.9 Å². The van der Waals surface area contributed by atoms with E-state index in [-0.39, 0.29) is 30.8 Å². The summed E-state index contributed by atoms with van der Waals surface area (Å²) >= 11 is 2.71. The standard InChI is InChI=1S/C20H21NO4S.C19H19NO4S/c1-20(12-26-2,18(22)23)21-19(24)25-11-17-15-9-5-3-7-13(15)14-8-4-6-10-16(14)17;1-25-11-17(18(21)22)20-19(23)24-10-16-14-8-4-2-6-12(14)13-7-3-5-9-15(13)16/h3-10,17H,11-12H2,1-2H3,(H,21,24)(H,22,23);2-9,16-17H,10-11H2,1H3,(H,20,23)(H,21,22)/t20-;17-/m00/s1. The number of carboxylic acid groups (broad SMARTS) is 2. The smallest absolute Gasteiger partial charge is 0.408 e. The fourth-order valence-corrected chi connectivity index (χ4v) is 7.76. The van der Waals surface area contributed by atoms with Gasteiger partial charge in [-0.25, -0.2) is 19.2 Å². The van der Waals surface area contributed by atoms with E-state index in [4.69, 9.17) is 14.6 Å². The first-order valence-corrected chi connectivity index (χ1v) is 19.1. The Hall–Kier alpha value is -4.94. The number of thioether (sulfide) groups is 2. The van der Waals surface area contributed by atoms with Crippen LogP contribution in [0.5, 0.6) is 0 Å². The quantitative estimate of drug-likeness (QED) is 0.119. The third-order valence-electron chi connectivity index (χ3n) is 8.89. The summed E-state index contributed by atoms with van der Waals surface area (Å²) in [6, 6.07) is 31.3. The number of carbonyl (C=O) groups is 4. The van der Waals surface area contributed by atoms with Gasteiger partial charge in [-0.2, -0.15) is 23.5 Å². The molecule has 12 heteroatoms. The highest BCUT2D eigenvalue weighted by Crippen LogP contribution is 2.45. The molecule has 2 aliphatic carbocycles. The second kappa shape index (κ2) is 16.8. The molecule has 266 valence electrons. The Morgan fingerprint density at radius 3 is 1.41 bits per heavy atom. The summed E-state index contributed by atoms with van der Waals surface area (Å²) in [5.74, 6) is -1.69. The first-order chi connectivity index (χ1) is 24.6. The van der Waals surface area contributed by atoms with Crippen molar-refractivity contribution in [3.8, 4) is 22.3 Å². The van der Waals surface area contributed by atoms with Gasteiger partial charge < -0.3 is 30.3 Å². The van der Waals surface area contributed by atoms with Crippen molar-refractivity contribution >= 4 is 47.6 Å². The van der Waals surface area contributed by atoms with Crippen LogP contribution >= 0.6 is 23.5 Å². The van der Waals surface area contributed by atoms with Gasteiger partial charge in [0.25, 0.3) is 0 Å². The largest absolute Gasteiger partial charge is 0.480 e. The fraction of sp³-hybridized carbons (Fsp3) is 0.282. The van der Waals surface area contributed by atoms with E-state index >= 15 is 0 Å². The fourth-order valence-electron chi connectivity index (χ4n) is 6.42. The maximum absolute atomic E-state index is 12.2. The lowest BCUT2D eigenvalue weighted by molar-refractivity contribution is -0.143. The molecule has 0 aromatic heterocycles. The molecule has 2 atom stereocenters. The lowest BCUT2D eigenvalue weighted by Crippen LogP contribution is -2.54. The lowest BCUT2D eigenvalue weighted by Gasteiger charge is -2.25. The van der Waals surface area contributed by atoms with E-state index in [0.717, 1.165) is 44.5 Å². The maximum Gasteiger partial charge on any atom is 0.408 e. The predicted octanol–water partition coefficient (Wildman–Crippen LogP) is 7.07. The summed E-state index contributed by atoms with van der Waals surface area (Å²) < 4.78 is 10.8. The van der Waals surface area contributed by atoms with Gasteiger partial charge in [0.2, 0.25) is 0 Å². The number of hydrogen-bond acceptors (Lipinski definition) is 8. The second-order valence-electron chi connectivity index (χ2n) is 12.3. The van der Waals surface area contributed by atoms with Gasteiger partial charge >= 0.3 is 24.1 Å². The van der Waals surface area contributed by atoms with Crippen molar-refractivity contribution < 1.29 is 38.9 Å². The van der Waals surface area contributed by atoms with E-state index in [9.17, 15) is 24.3 Å². The Bertz CT molecular complexity index is 1810. The van der Waals surface area contributed by atoms with E-state index in [1.165, 1.54) is 30.4 Å². The van der Waals surface area contributed by atoms with Gasteiger partial charge in [0, 0.05) is 23.3 Å². The molecule has 0 spiro atoms. The number of hydrogen-bond donors (Lipinski definition) is 4. The first kappa shape index (κ1) is 37.3. The van der Waals surface area contributed by atoms with Crippen LogP contribution < -0.4 is 10.6 Å². The molecule has 6 rings (SSSR count). The van der Waals surface area contributed by atoms with Crippen LogP contribution in [0.25, 0.3) is 22.3 Å². The molecule has 0 heterocycles. The Morgan fingerprint density at radius 1 is 0.667 bits per heavy atom. The third kappa shape index (κ3) is 8.51. The summed E-state index contributed by atoms with van der Waals surface area (Å²) in [5, 5.41) is 23.4. The number of amides is 2. The zero-order valence-corrected chi connectivity index (χ0v) is 30.1. The zero-order chi connectivity index (χ0) is 36.5. The number of carbonyl (C=O) groups excluding carboxylic acids is 2. The number of carboxylic acids is 2. The lowest BCUT2D eigenvalue weighted by atomic mass is 9.98. The van der Waals surface area contributed by atoms with Crippen molar-refractivity contribution in [2.24, 2.45) is 0 Å². The van der Waals surface area contributed by atoms with E-state index in [1.54, 1.807) is 12.5 Å². The molecule has 0 fully saturated rings. The van der Waals surface area contributed by atoms with Crippen LogP contribution in [0.15, 0.2) is 97.1 Å². The average Bonchev–Trinajstić information content (AvgIpc) is 3.62. The summed E-state index contributed by atoms with van der Waals surface area (Å²) in [5.41, 5.74) is 7.71. The van der Waals surface area contributed by atoms with Crippen LogP contribution in [-0.4, -0.2) is 83.1 Å². The Morgan fingerprint density at radius 2 is 1.06 bits per heavy atom. The summed E-state index contributed by atoms with van der Waals surface area (Å²) in [6.45, 7) is 1.81. The van der Waals surface area contributed by atoms with E-state index in [2.05, 4.69) is 34.9 Å². The normalized spacial score (nSPS) is 14.3. The Balaban J connectivity index is 0.000000198. The molecule has 0 radical (unpaired) electrons. The van der Waals surface area contributed by atoms with Gasteiger partial charge in [-0.15, -0.1) is 0 Å². The van der Waals surface area contributed by atoms with Gasteiger partial charge in [0.15, 0.2) is 0 Å². The van der Waals surface area contributed by atoms with Crippen molar-refractivity contribution in [1.29, 1.82) is 0 Å². The molecule has 4 N–H and O–H groups in total. The number of nitrogens with one attached hydrogen (secondary N) is 2. The van der Waals surface area contributed by atoms with Gasteiger partial charge in [-0.1, -0.05) is 97.1 Å². The van der Waals surface area contributed by atoms with Gasteiger partial charge in [0.05, 0.1) is 0 Å². The highest BCUT2D eigenvalue weighted by atomic mass is 32.2.